The van der Waals surface area contributed by atoms with Gasteiger partial charge in [-0.05, 0) is 31.2 Å². The molecule has 5 nitrogen and oxygen atoms in total. The van der Waals surface area contributed by atoms with Crippen LogP contribution >= 0.6 is 0 Å². The van der Waals surface area contributed by atoms with E-state index in [-0.39, 0.29) is 11.7 Å². The minimum atomic E-state index is -0.491. The second-order valence-electron chi connectivity index (χ2n) is 4.28. The van der Waals surface area contributed by atoms with Crippen LogP contribution in [0.25, 0.3) is 0 Å². The number of nitrogens with two attached hydrogens (primary N) is 1. The van der Waals surface area contributed by atoms with Gasteiger partial charge in [0.1, 0.15) is 0 Å². The van der Waals surface area contributed by atoms with Crippen LogP contribution in [-0.4, -0.2) is 51.3 Å². The summed E-state index contributed by atoms with van der Waals surface area (Å²) in [6.07, 6.45) is 0.702. The highest BCUT2D eigenvalue weighted by molar-refractivity contribution is 5.94. The standard InChI is InChI=1S/C14H21FN2O3/c1-19-9-8-17(7-3-6-16)14(18)11-4-5-12(15)13(10-11)20-2/h4-5,10H,3,6-9,16H2,1-2H3. The van der Waals surface area contributed by atoms with Crippen LogP contribution in [0.3, 0.4) is 0 Å². The fourth-order valence-corrected chi connectivity index (χ4v) is 1.77. The molecule has 1 rings (SSSR count). The van der Waals surface area contributed by atoms with E-state index in [0.29, 0.717) is 38.2 Å². The number of halogens is 1. The van der Waals surface area contributed by atoms with Gasteiger partial charge in [0.25, 0.3) is 5.91 Å². The number of benzene rings is 1. The topological polar surface area (TPSA) is 64.8 Å². The van der Waals surface area contributed by atoms with E-state index in [0.717, 1.165) is 0 Å². The van der Waals surface area contributed by atoms with E-state index < -0.39 is 5.82 Å². The molecule has 0 radical (unpaired) electrons. The van der Waals surface area contributed by atoms with Gasteiger partial charge in [-0.25, -0.2) is 4.39 Å². The Morgan fingerprint density at radius 2 is 2.10 bits per heavy atom. The highest BCUT2D eigenvalue weighted by Crippen LogP contribution is 2.19. The van der Waals surface area contributed by atoms with Crippen LogP contribution in [0.5, 0.6) is 5.75 Å². The van der Waals surface area contributed by atoms with E-state index in [1.807, 2.05) is 0 Å². The second-order valence-corrected chi connectivity index (χ2v) is 4.28. The Morgan fingerprint density at radius 1 is 1.35 bits per heavy atom. The third-order valence-electron chi connectivity index (χ3n) is 2.88. The monoisotopic (exact) mass is 284 g/mol. The molecule has 0 unspecified atom stereocenters. The number of ether oxygens (including phenoxy) is 2. The average molecular weight is 284 g/mol. The summed E-state index contributed by atoms with van der Waals surface area (Å²) < 4.78 is 23.2. The molecular formula is C14H21FN2O3. The van der Waals surface area contributed by atoms with Gasteiger partial charge in [0, 0.05) is 25.8 Å². The molecule has 0 aliphatic heterocycles. The van der Waals surface area contributed by atoms with Gasteiger partial charge in [-0.3, -0.25) is 4.79 Å². The van der Waals surface area contributed by atoms with Crippen LogP contribution in [-0.2, 0) is 4.74 Å². The number of methoxy groups -OCH3 is 2. The minimum Gasteiger partial charge on any atom is -0.494 e. The zero-order valence-electron chi connectivity index (χ0n) is 11.9. The van der Waals surface area contributed by atoms with Gasteiger partial charge in [-0.2, -0.15) is 0 Å². The maximum atomic E-state index is 13.4. The maximum Gasteiger partial charge on any atom is 0.254 e. The van der Waals surface area contributed by atoms with E-state index in [4.69, 9.17) is 15.2 Å². The van der Waals surface area contributed by atoms with Crippen LogP contribution in [0.4, 0.5) is 4.39 Å². The molecule has 1 amide bonds. The summed E-state index contributed by atoms with van der Waals surface area (Å²) in [6, 6.07) is 4.08. The van der Waals surface area contributed by atoms with E-state index in [1.165, 1.54) is 25.3 Å². The van der Waals surface area contributed by atoms with Crippen LogP contribution in [0.1, 0.15) is 16.8 Å². The molecule has 112 valence electrons. The lowest BCUT2D eigenvalue weighted by Gasteiger charge is -2.22. The molecule has 0 aliphatic carbocycles. The molecule has 0 atom stereocenters. The summed E-state index contributed by atoms with van der Waals surface area (Å²) in [5.74, 6) is -0.621. The molecule has 0 saturated carbocycles. The van der Waals surface area contributed by atoms with Crippen molar-refractivity contribution >= 4 is 5.91 Å². The van der Waals surface area contributed by atoms with Crippen molar-refractivity contribution in [3.05, 3.63) is 29.6 Å². The lowest BCUT2D eigenvalue weighted by molar-refractivity contribution is 0.0694. The second kappa shape index (κ2) is 8.50. The fourth-order valence-electron chi connectivity index (χ4n) is 1.77. The van der Waals surface area contributed by atoms with Crippen molar-refractivity contribution in [3.8, 4) is 5.75 Å². The number of carbonyl (C=O) groups is 1. The third kappa shape index (κ3) is 4.47. The van der Waals surface area contributed by atoms with Gasteiger partial charge in [-0.1, -0.05) is 0 Å². The van der Waals surface area contributed by atoms with Crippen LogP contribution < -0.4 is 10.5 Å². The molecule has 2 N–H and O–H groups in total. The van der Waals surface area contributed by atoms with Crippen molar-refractivity contribution in [2.24, 2.45) is 5.73 Å². The van der Waals surface area contributed by atoms with Gasteiger partial charge >= 0.3 is 0 Å². The van der Waals surface area contributed by atoms with Crippen LogP contribution in [0.15, 0.2) is 18.2 Å². The van der Waals surface area contributed by atoms with Crippen molar-refractivity contribution in [1.82, 2.24) is 4.90 Å². The maximum absolute atomic E-state index is 13.4. The van der Waals surface area contributed by atoms with Crippen molar-refractivity contribution < 1.29 is 18.7 Å². The molecule has 0 bridgehead atoms. The predicted octanol–water partition coefficient (Wildman–Crippen LogP) is 1.27. The number of nitrogens with zero attached hydrogens (tertiary/aromatic N) is 1. The summed E-state index contributed by atoms with van der Waals surface area (Å²) >= 11 is 0. The number of hydrogen-bond donors (Lipinski definition) is 1. The van der Waals surface area contributed by atoms with Crippen molar-refractivity contribution in [1.29, 1.82) is 0 Å². The van der Waals surface area contributed by atoms with Crippen molar-refractivity contribution in [2.45, 2.75) is 6.42 Å². The molecule has 0 saturated heterocycles. The van der Waals surface area contributed by atoms with E-state index in [2.05, 4.69) is 0 Å². The molecule has 6 heteroatoms. The van der Waals surface area contributed by atoms with Gasteiger partial charge in [0.15, 0.2) is 11.6 Å². The SMILES string of the molecule is COCCN(CCCN)C(=O)c1ccc(F)c(OC)c1. The van der Waals surface area contributed by atoms with Crippen LogP contribution in [0, 0.1) is 5.82 Å². The minimum absolute atomic E-state index is 0.0568. The van der Waals surface area contributed by atoms with E-state index >= 15 is 0 Å². The Kier molecular flexibility index (Phi) is 6.97. The van der Waals surface area contributed by atoms with Gasteiger partial charge in [0.2, 0.25) is 0 Å². The number of hydrogen-bond acceptors (Lipinski definition) is 4. The van der Waals surface area contributed by atoms with Gasteiger partial charge < -0.3 is 20.1 Å². The van der Waals surface area contributed by atoms with Crippen molar-refractivity contribution in [2.75, 3.05) is 40.5 Å². The molecule has 0 aromatic heterocycles. The Hall–Kier alpha value is -1.66. The lowest BCUT2D eigenvalue weighted by atomic mass is 10.1. The zero-order valence-corrected chi connectivity index (χ0v) is 11.9. The highest BCUT2D eigenvalue weighted by atomic mass is 19.1. The van der Waals surface area contributed by atoms with Crippen LogP contribution in [0.2, 0.25) is 0 Å². The summed E-state index contributed by atoms with van der Waals surface area (Å²) in [5.41, 5.74) is 5.86. The number of rotatable bonds is 8. The summed E-state index contributed by atoms with van der Waals surface area (Å²) in [4.78, 5) is 14.0. The van der Waals surface area contributed by atoms with Gasteiger partial charge in [0.05, 0.1) is 13.7 Å². The first kappa shape index (κ1) is 16.4. The largest absolute Gasteiger partial charge is 0.494 e. The van der Waals surface area contributed by atoms with Gasteiger partial charge in [-0.15, -0.1) is 0 Å². The quantitative estimate of drug-likeness (QED) is 0.781. The summed E-state index contributed by atoms with van der Waals surface area (Å²) in [7, 11) is 2.94. The Morgan fingerprint density at radius 3 is 2.70 bits per heavy atom. The number of amides is 1. The van der Waals surface area contributed by atoms with E-state index in [1.54, 1.807) is 12.0 Å². The molecule has 0 spiro atoms. The molecule has 1 aromatic rings. The van der Waals surface area contributed by atoms with E-state index in [9.17, 15) is 9.18 Å². The Bertz CT molecular complexity index is 432. The smallest absolute Gasteiger partial charge is 0.254 e. The zero-order chi connectivity index (χ0) is 15.0. The molecule has 0 aliphatic rings. The first-order valence-corrected chi connectivity index (χ1v) is 6.45. The Labute approximate surface area is 118 Å². The molecule has 0 fully saturated rings. The predicted molar refractivity (Wildman–Crippen MR) is 74.4 cm³/mol. The third-order valence-corrected chi connectivity index (χ3v) is 2.88. The molecule has 1 aromatic carbocycles. The first-order chi connectivity index (χ1) is 9.63. The van der Waals surface area contributed by atoms with Crippen molar-refractivity contribution in [3.63, 3.8) is 0 Å². The fraction of sp³-hybridized carbons (Fsp3) is 0.500. The summed E-state index contributed by atoms with van der Waals surface area (Å²) in [6.45, 7) is 1.95. The summed E-state index contributed by atoms with van der Waals surface area (Å²) in [5, 5.41) is 0. The number of carbonyl (C=O) groups excluding carboxylic acids is 1. The molecule has 20 heavy (non-hydrogen) atoms. The first-order valence-electron chi connectivity index (χ1n) is 6.45. The molecule has 0 heterocycles. The Balaban J connectivity index is 2.86. The lowest BCUT2D eigenvalue weighted by Crippen LogP contribution is -2.35. The molecular weight excluding hydrogens is 263 g/mol. The average Bonchev–Trinajstić information content (AvgIpc) is 2.47. The normalized spacial score (nSPS) is 10.4. The highest BCUT2D eigenvalue weighted by Gasteiger charge is 2.17.